The Morgan fingerprint density at radius 1 is 0.893 bits per heavy atom. The molecule has 0 aromatic heterocycles. The fourth-order valence-electron chi connectivity index (χ4n) is 2.90. The Bertz CT molecular complexity index is 725. The van der Waals surface area contributed by atoms with Gasteiger partial charge in [0.15, 0.2) is 11.6 Å². The number of esters is 1. The Hall–Kier alpha value is -2.36. The Kier molecular flexibility index (Phi) is 9.53. The van der Waals surface area contributed by atoms with Crippen molar-refractivity contribution in [3.8, 4) is 11.5 Å². The first-order valence-corrected chi connectivity index (χ1v) is 10.4. The smallest absolute Gasteiger partial charge is 0.343 e. The number of rotatable bonds is 12. The third-order valence-electron chi connectivity index (χ3n) is 4.63. The van der Waals surface area contributed by atoms with Gasteiger partial charge in [-0.15, -0.1) is 0 Å². The van der Waals surface area contributed by atoms with E-state index in [0.29, 0.717) is 12.4 Å². The summed E-state index contributed by atoms with van der Waals surface area (Å²) < 4.78 is 25.1. The molecule has 2 aromatic rings. The van der Waals surface area contributed by atoms with E-state index in [-0.39, 0.29) is 11.3 Å². The summed E-state index contributed by atoms with van der Waals surface area (Å²) in [5.41, 5.74) is 1.38. The van der Waals surface area contributed by atoms with Gasteiger partial charge in [0.25, 0.3) is 0 Å². The Morgan fingerprint density at radius 3 is 2.29 bits per heavy atom. The average Bonchev–Trinajstić information content (AvgIpc) is 2.71. The van der Waals surface area contributed by atoms with Crippen LogP contribution in [0.25, 0.3) is 0 Å². The molecule has 0 atom stereocenters. The van der Waals surface area contributed by atoms with E-state index in [1.807, 2.05) is 12.1 Å². The molecule has 152 valence electrons. The molecule has 4 heteroatoms. The highest BCUT2D eigenvalue weighted by Crippen LogP contribution is 2.21. The van der Waals surface area contributed by atoms with Gasteiger partial charge in [-0.1, -0.05) is 58.1 Å². The van der Waals surface area contributed by atoms with Gasteiger partial charge in [0, 0.05) is 0 Å². The van der Waals surface area contributed by atoms with E-state index in [9.17, 15) is 9.18 Å². The molecule has 0 radical (unpaired) electrons. The molecule has 28 heavy (non-hydrogen) atoms. The Balaban J connectivity index is 1.85. The second-order valence-corrected chi connectivity index (χ2v) is 7.04. The van der Waals surface area contributed by atoms with Gasteiger partial charge in [0.05, 0.1) is 12.2 Å². The van der Waals surface area contributed by atoms with Crippen molar-refractivity contribution in [2.45, 2.75) is 65.2 Å². The highest BCUT2D eigenvalue weighted by atomic mass is 19.1. The first-order valence-electron chi connectivity index (χ1n) is 10.4. The van der Waals surface area contributed by atoms with Gasteiger partial charge in [-0.25, -0.2) is 9.18 Å². The third-order valence-corrected chi connectivity index (χ3v) is 4.63. The number of unbranched alkanes of at least 4 members (excludes halogenated alkanes) is 5. The van der Waals surface area contributed by atoms with Gasteiger partial charge in [-0.3, -0.25) is 0 Å². The highest BCUT2D eigenvalue weighted by Gasteiger charge is 2.13. The minimum atomic E-state index is -0.577. The van der Waals surface area contributed by atoms with Crippen LogP contribution in [0.1, 0.15) is 74.7 Å². The van der Waals surface area contributed by atoms with Crippen LogP contribution in [-0.4, -0.2) is 12.6 Å². The van der Waals surface area contributed by atoms with E-state index in [2.05, 4.69) is 13.8 Å². The molecular weight excluding hydrogens is 355 g/mol. The molecule has 0 saturated heterocycles. The molecule has 0 unspecified atom stereocenters. The van der Waals surface area contributed by atoms with Crippen LogP contribution >= 0.6 is 0 Å². The van der Waals surface area contributed by atoms with Crippen LogP contribution in [0.4, 0.5) is 4.39 Å². The summed E-state index contributed by atoms with van der Waals surface area (Å²) in [5.74, 6) is -0.491. The molecule has 0 heterocycles. The molecule has 0 bridgehead atoms. The van der Waals surface area contributed by atoms with Gasteiger partial charge < -0.3 is 9.47 Å². The molecule has 0 aliphatic rings. The van der Waals surface area contributed by atoms with Crippen molar-refractivity contribution < 1.29 is 18.7 Å². The number of carbonyl (C=O) groups excluding carboxylic acids is 1. The van der Waals surface area contributed by atoms with Crippen molar-refractivity contribution in [3.63, 3.8) is 0 Å². The van der Waals surface area contributed by atoms with Crippen molar-refractivity contribution in [2.75, 3.05) is 6.61 Å². The molecule has 0 aliphatic carbocycles. The molecule has 0 amide bonds. The average molecular weight is 387 g/mol. The normalized spacial score (nSPS) is 10.7. The minimum Gasteiger partial charge on any atom is -0.491 e. The van der Waals surface area contributed by atoms with Crippen LogP contribution in [0.5, 0.6) is 11.5 Å². The van der Waals surface area contributed by atoms with Crippen molar-refractivity contribution in [3.05, 3.63) is 59.4 Å². The number of halogens is 1. The van der Waals surface area contributed by atoms with Crippen molar-refractivity contribution in [2.24, 2.45) is 0 Å². The summed E-state index contributed by atoms with van der Waals surface area (Å²) in [6, 6.07) is 11.7. The Labute approximate surface area is 167 Å². The van der Waals surface area contributed by atoms with E-state index in [0.717, 1.165) is 32.1 Å². The van der Waals surface area contributed by atoms with Crippen LogP contribution < -0.4 is 9.47 Å². The van der Waals surface area contributed by atoms with Crippen LogP contribution in [0.2, 0.25) is 0 Å². The zero-order valence-corrected chi connectivity index (χ0v) is 17.0. The number of hydrogen-bond acceptors (Lipinski definition) is 3. The lowest BCUT2D eigenvalue weighted by atomic mass is 10.1. The standard InChI is InChI=1S/C24H31FO3/c1-3-5-7-8-9-17-27-23-16-13-20(18-22(23)25)24(26)28-21-14-11-19(12-15-21)10-6-4-2/h11-16,18H,3-10,17H2,1-2H3. The maximum absolute atomic E-state index is 14.2. The van der Waals surface area contributed by atoms with E-state index >= 15 is 0 Å². The lowest BCUT2D eigenvalue weighted by Crippen LogP contribution is -2.09. The molecule has 0 aliphatic heterocycles. The molecule has 3 nitrogen and oxygen atoms in total. The lowest BCUT2D eigenvalue weighted by molar-refractivity contribution is 0.0734. The highest BCUT2D eigenvalue weighted by molar-refractivity contribution is 5.91. The SMILES string of the molecule is CCCCCCCOc1ccc(C(=O)Oc2ccc(CCCC)cc2)cc1F. The van der Waals surface area contributed by atoms with Gasteiger partial charge in [-0.2, -0.15) is 0 Å². The maximum Gasteiger partial charge on any atom is 0.343 e. The molecule has 0 spiro atoms. The van der Waals surface area contributed by atoms with E-state index < -0.39 is 11.8 Å². The fourth-order valence-corrected chi connectivity index (χ4v) is 2.90. The van der Waals surface area contributed by atoms with Gasteiger partial charge >= 0.3 is 5.97 Å². The molecular formula is C24H31FO3. The zero-order chi connectivity index (χ0) is 20.2. The number of hydrogen-bond donors (Lipinski definition) is 0. The number of ether oxygens (including phenoxy) is 2. The monoisotopic (exact) mass is 386 g/mol. The topological polar surface area (TPSA) is 35.5 Å². The molecule has 0 N–H and O–H groups in total. The predicted octanol–water partition coefficient (Wildman–Crippen LogP) is 6.74. The predicted molar refractivity (Wildman–Crippen MR) is 111 cm³/mol. The summed E-state index contributed by atoms with van der Waals surface area (Å²) in [6.07, 6.45) is 8.84. The maximum atomic E-state index is 14.2. The second-order valence-electron chi connectivity index (χ2n) is 7.04. The summed E-state index contributed by atoms with van der Waals surface area (Å²) in [4.78, 5) is 12.3. The Morgan fingerprint density at radius 2 is 1.61 bits per heavy atom. The van der Waals surface area contributed by atoms with Gasteiger partial charge in [0.2, 0.25) is 0 Å². The summed E-state index contributed by atoms with van der Waals surface area (Å²) >= 11 is 0. The fraction of sp³-hybridized carbons (Fsp3) is 0.458. The van der Waals surface area contributed by atoms with Crippen LogP contribution in [0.3, 0.4) is 0 Å². The van der Waals surface area contributed by atoms with Crippen molar-refractivity contribution in [1.29, 1.82) is 0 Å². The first-order chi connectivity index (χ1) is 13.6. The van der Waals surface area contributed by atoms with E-state index in [1.54, 1.807) is 12.1 Å². The van der Waals surface area contributed by atoms with Gasteiger partial charge in [0.1, 0.15) is 5.75 Å². The number of benzene rings is 2. The van der Waals surface area contributed by atoms with Crippen molar-refractivity contribution in [1.82, 2.24) is 0 Å². The van der Waals surface area contributed by atoms with Crippen molar-refractivity contribution >= 4 is 5.97 Å². The molecule has 0 fully saturated rings. The lowest BCUT2D eigenvalue weighted by Gasteiger charge is -2.09. The second kappa shape index (κ2) is 12.2. The summed E-state index contributed by atoms with van der Waals surface area (Å²) in [5, 5.41) is 0. The van der Waals surface area contributed by atoms with Crippen LogP contribution in [0.15, 0.2) is 42.5 Å². The quantitative estimate of drug-likeness (QED) is 0.230. The van der Waals surface area contributed by atoms with Crippen LogP contribution in [-0.2, 0) is 6.42 Å². The molecule has 2 rings (SSSR count). The van der Waals surface area contributed by atoms with Crippen LogP contribution in [0, 0.1) is 5.82 Å². The van der Waals surface area contributed by atoms with E-state index in [1.165, 1.54) is 43.0 Å². The first kappa shape index (κ1) is 21.9. The molecule has 0 saturated carbocycles. The number of aryl methyl sites for hydroxylation is 1. The van der Waals surface area contributed by atoms with E-state index in [4.69, 9.17) is 9.47 Å². The largest absolute Gasteiger partial charge is 0.491 e. The molecule has 2 aromatic carbocycles. The summed E-state index contributed by atoms with van der Waals surface area (Å²) in [7, 11) is 0. The minimum absolute atomic E-state index is 0.169. The number of carbonyl (C=O) groups is 1. The third kappa shape index (κ3) is 7.34. The zero-order valence-electron chi connectivity index (χ0n) is 17.0. The van der Waals surface area contributed by atoms with Gasteiger partial charge in [-0.05, 0) is 55.2 Å². The summed E-state index contributed by atoms with van der Waals surface area (Å²) in [6.45, 7) is 4.80.